The van der Waals surface area contributed by atoms with Crippen LogP contribution in [0.5, 0.6) is 0 Å². The normalized spacial score (nSPS) is 12.3. The number of hydrogen-bond acceptors (Lipinski definition) is 17. The summed E-state index contributed by atoms with van der Waals surface area (Å²) in [5, 5.41) is 52.9. The molecule has 1 aromatic carbocycles. The number of ether oxygens (including phenoxy) is 5. The summed E-state index contributed by atoms with van der Waals surface area (Å²) in [7, 11) is 0. The number of carbonyl (C=O) groups excluding carboxylic acids is 2. The lowest BCUT2D eigenvalue weighted by Gasteiger charge is -2.25. The summed E-state index contributed by atoms with van der Waals surface area (Å²) >= 11 is 0.553. The van der Waals surface area contributed by atoms with E-state index in [1.165, 1.54) is 13.8 Å². The first kappa shape index (κ1) is 48.9. The number of thiophene rings is 1. The van der Waals surface area contributed by atoms with Gasteiger partial charge in [-0.15, -0.1) is 10.2 Å². The van der Waals surface area contributed by atoms with Gasteiger partial charge in [0, 0.05) is 44.7 Å². The third-order valence-electron chi connectivity index (χ3n) is 7.94. The lowest BCUT2D eigenvalue weighted by Crippen LogP contribution is -2.32. The lowest BCUT2D eigenvalue weighted by atomic mass is 10.1. The molecule has 0 bridgehead atoms. The minimum absolute atomic E-state index is 0.104. The summed E-state index contributed by atoms with van der Waals surface area (Å²) in [6, 6.07) is 6.15. The number of nitro groups is 2. The summed E-state index contributed by atoms with van der Waals surface area (Å²) in [6.45, 7) is 9.01. The Labute approximate surface area is 338 Å². The van der Waals surface area contributed by atoms with Gasteiger partial charge in [0.1, 0.15) is 6.07 Å². The Kier molecular flexibility index (Phi) is 23.2. The van der Waals surface area contributed by atoms with Gasteiger partial charge in [-0.2, -0.15) is 0 Å². The molecule has 0 radical (unpaired) electrons. The number of benzene rings is 1. The molecule has 2 unspecified atom stereocenters. The molecular formula is C35H51N7O15S. The van der Waals surface area contributed by atoms with E-state index in [2.05, 4.69) is 20.9 Å². The fraction of sp³-hybridized carbons (Fsp3) is 0.600. The van der Waals surface area contributed by atoms with Crippen molar-refractivity contribution in [3.63, 3.8) is 0 Å². The number of nitrogens with one attached hydrogen (secondary N) is 2. The minimum atomic E-state index is -1.04. The predicted molar refractivity (Wildman–Crippen MR) is 208 cm³/mol. The number of carboxylic acids is 2. The van der Waals surface area contributed by atoms with E-state index in [4.69, 9.17) is 33.9 Å². The Morgan fingerprint density at radius 3 is 1.62 bits per heavy atom. The largest absolute Gasteiger partial charge is 0.481 e. The maximum absolute atomic E-state index is 11.8. The zero-order valence-electron chi connectivity index (χ0n) is 32.6. The SMILES string of the molecule is Cc1cc(N(CCOCCOCCNC(=O)CC(C)C(=O)O)CCOCCOCCOCCNC(=O)CC(C)C(=O)O)ccc1/N=N/c1sc([N+](=O)[O-])cc1[N+](=O)[O-]. The summed E-state index contributed by atoms with van der Waals surface area (Å²) in [5.74, 6) is -4.35. The molecule has 1 heterocycles. The van der Waals surface area contributed by atoms with Crippen LogP contribution in [0.1, 0.15) is 32.3 Å². The molecule has 58 heavy (non-hydrogen) atoms. The molecule has 0 saturated carbocycles. The number of aliphatic carboxylic acids is 2. The first-order chi connectivity index (χ1) is 27.7. The van der Waals surface area contributed by atoms with E-state index in [9.17, 15) is 39.4 Å². The van der Waals surface area contributed by atoms with Crippen LogP contribution in [0, 0.1) is 39.0 Å². The number of aryl methyl sites for hydroxylation is 1. The Hall–Kier alpha value is -5.20. The van der Waals surface area contributed by atoms with Crippen molar-refractivity contribution in [2.24, 2.45) is 22.1 Å². The highest BCUT2D eigenvalue weighted by molar-refractivity contribution is 7.19. The standard InChI is InChI=1S/C35H51N7O15S/c1-24-20-27(4-5-28(24)38-39-33-29(41(49)50)23-32(58-33)42(51)52)40(8-12-55-16-14-53-10-6-36-30(43)21-25(2)34(45)46)9-13-56-17-19-57-18-15-54-11-7-37-31(44)22-26(3)35(47)48/h4-5,20,23,25-26H,6-19,21-22H2,1-3H3,(H,36,43)(H,37,44)(H,45,46)(H,47,48)/b39-38+. The van der Waals surface area contributed by atoms with Crippen LogP contribution in [0.4, 0.5) is 27.1 Å². The van der Waals surface area contributed by atoms with Gasteiger partial charge in [0.05, 0.1) is 93.4 Å². The van der Waals surface area contributed by atoms with Crippen LogP contribution in [-0.4, -0.2) is 136 Å². The molecule has 1 aromatic heterocycles. The third kappa shape index (κ3) is 19.8. The van der Waals surface area contributed by atoms with Gasteiger partial charge < -0.3 is 49.4 Å². The Bertz CT molecular complexity index is 1680. The van der Waals surface area contributed by atoms with Gasteiger partial charge in [0.2, 0.25) is 16.8 Å². The monoisotopic (exact) mass is 841 g/mol. The molecule has 2 amide bonds. The highest BCUT2D eigenvalue weighted by atomic mass is 32.1. The molecule has 2 atom stereocenters. The van der Waals surface area contributed by atoms with Crippen LogP contribution in [-0.2, 0) is 42.9 Å². The van der Waals surface area contributed by atoms with Crippen LogP contribution in [0.25, 0.3) is 0 Å². The zero-order valence-corrected chi connectivity index (χ0v) is 33.4. The highest BCUT2D eigenvalue weighted by Crippen LogP contribution is 2.42. The highest BCUT2D eigenvalue weighted by Gasteiger charge is 2.25. The van der Waals surface area contributed by atoms with Gasteiger partial charge in [-0.3, -0.25) is 39.4 Å². The van der Waals surface area contributed by atoms with Crippen molar-refractivity contribution in [2.45, 2.75) is 33.6 Å². The second kappa shape index (κ2) is 27.4. The Balaban J connectivity index is 1.84. The average Bonchev–Trinajstić information content (AvgIpc) is 3.61. The first-order valence-corrected chi connectivity index (χ1v) is 19.1. The summed E-state index contributed by atoms with van der Waals surface area (Å²) in [4.78, 5) is 68.3. The second-order valence-corrected chi connectivity index (χ2v) is 13.6. The number of rotatable bonds is 32. The molecule has 23 heteroatoms. The van der Waals surface area contributed by atoms with Crippen molar-refractivity contribution in [1.82, 2.24) is 10.6 Å². The van der Waals surface area contributed by atoms with Crippen LogP contribution < -0.4 is 15.5 Å². The molecule has 22 nitrogen and oxygen atoms in total. The van der Waals surface area contributed by atoms with Gasteiger partial charge >= 0.3 is 22.6 Å². The van der Waals surface area contributed by atoms with E-state index in [1.54, 1.807) is 19.1 Å². The summed E-state index contributed by atoms with van der Waals surface area (Å²) in [6.07, 6.45) is -0.222. The van der Waals surface area contributed by atoms with Crippen molar-refractivity contribution in [1.29, 1.82) is 0 Å². The maximum Gasteiger partial charge on any atom is 0.333 e. The van der Waals surface area contributed by atoms with Crippen molar-refractivity contribution in [3.05, 3.63) is 50.1 Å². The van der Waals surface area contributed by atoms with Crippen LogP contribution in [0.2, 0.25) is 0 Å². The molecule has 0 saturated heterocycles. The van der Waals surface area contributed by atoms with E-state index in [1.807, 2.05) is 11.0 Å². The van der Waals surface area contributed by atoms with Crippen LogP contribution in [0.3, 0.4) is 0 Å². The molecule has 2 rings (SSSR count). The number of nitrogens with zero attached hydrogens (tertiary/aromatic N) is 5. The average molecular weight is 842 g/mol. The van der Waals surface area contributed by atoms with E-state index < -0.39 is 44.3 Å². The second-order valence-electron chi connectivity index (χ2n) is 12.6. The molecule has 0 aliphatic carbocycles. The molecule has 4 N–H and O–H groups in total. The van der Waals surface area contributed by atoms with E-state index in [0.29, 0.717) is 75.3 Å². The third-order valence-corrected chi connectivity index (χ3v) is 8.90. The van der Waals surface area contributed by atoms with Gasteiger partial charge in [-0.05, 0) is 42.0 Å². The summed E-state index contributed by atoms with van der Waals surface area (Å²) < 4.78 is 28.0. The number of anilines is 1. The van der Waals surface area contributed by atoms with Crippen LogP contribution in [0.15, 0.2) is 34.5 Å². The number of carboxylic acid groups (broad SMARTS) is 2. The van der Waals surface area contributed by atoms with Gasteiger partial charge in [-0.25, -0.2) is 0 Å². The van der Waals surface area contributed by atoms with Gasteiger partial charge in [-0.1, -0.05) is 13.8 Å². The van der Waals surface area contributed by atoms with E-state index >= 15 is 0 Å². The molecule has 0 spiro atoms. The van der Waals surface area contributed by atoms with E-state index in [-0.39, 0.29) is 69.2 Å². The number of carbonyl (C=O) groups is 4. The van der Waals surface area contributed by atoms with Gasteiger partial charge in [0.25, 0.3) is 0 Å². The predicted octanol–water partition coefficient (Wildman–Crippen LogP) is 3.63. The number of hydrogen-bond donors (Lipinski definition) is 4. The zero-order chi connectivity index (χ0) is 42.9. The molecule has 2 aromatic rings. The van der Waals surface area contributed by atoms with Crippen molar-refractivity contribution in [3.8, 4) is 0 Å². The summed E-state index contributed by atoms with van der Waals surface area (Å²) in [5.41, 5.74) is 1.38. The van der Waals surface area contributed by atoms with Crippen LogP contribution >= 0.6 is 11.3 Å². The smallest absolute Gasteiger partial charge is 0.333 e. The number of amides is 2. The molecular weight excluding hydrogens is 790 g/mol. The Morgan fingerprint density at radius 2 is 1.19 bits per heavy atom. The van der Waals surface area contributed by atoms with Crippen molar-refractivity contribution >= 4 is 62.2 Å². The minimum Gasteiger partial charge on any atom is -0.481 e. The first-order valence-electron chi connectivity index (χ1n) is 18.3. The fourth-order valence-electron chi connectivity index (χ4n) is 4.68. The fourth-order valence-corrected chi connectivity index (χ4v) is 5.45. The number of azo groups is 1. The Morgan fingerprint density at radius 1 is 0.724 bits per heavy atom. The topological polar surface area (TPSA) is 293 Å². The maximum atomic E-state index is 11.8. The van der Waals surface area contributed by atoms with Gasteiger partial charge in [0.15, 0.2) is 0 Å². The molecule has 0 fully saturated rings. The molecule has 0 aliphatic heterocycles. The quantitative estimate of drug-likeness (QED) is 0.0354. The van der Waals surface area contributed by atoms with Crippen molar-refractivity contribution < 1.29 is 62.9 Å². The van der Waals surface area contributed by atoms with Crippen molar-refractivity contribution in [2.75, 3.05) is 97.1 Å². The van der Waals surface area contributed by atoms with E-state index in [0.717, 1.165) is 11.8 Å². The lowest BCUT2D eigenvalue weighted by molar-refractivity contribution is -0.389. The molecule has 0 aliphatic rings. The molecule has 322 valence electrons.